The fourth-order valence-corrected chi connectivity index (χ4v) is 1.41. The third kappa shape index (κ3) is 4.68. The zero-order valence-corrected chi connectivity index (χ0v) is 10.1. The molecule has 0 atom stereocenters. The van der Waals surface area contributed by atoms with Crippen molar-refractivity contribution in [3.8, 4) is 0 Å². The summed E-state index contributed by atoms with van der Waals surface area (Å²) in [6, 6.07) is 7.54. The molecule has 0 unspecified atom stereocenters. The molecular formula is C13H16O4. The van der Waals surface area contributed by atoms with Crippen LogP contribution in [0.4, 0.5) is 0 Å². The summed E-state index contributed by atoms with van der Waals surface area (Å²) in [5.74, 6) is -0.476. The van der Waals surface area contributed by atoms with E-state index in [9.17, 15) is 9.59 Å². The molecule has 4 nitrogen and oxygen atoms in total. The topological polar surface area (TPSA) is 52.6 Å². The van der Waals surface area contributed by atoms with Crippen molar-refractivity contribution in [2.24, 2.45) is 0 Å². The molecule has 17 heavy (non-hydrogen) atoms. The van der Waals surface area contributed by atoms with Crippen molar-refractivity contribution in [2.45, 2.75) is 19.3 Å². The summed E-state index contributed by atoms with van der Waals surface area (Å²) in [7, 11) is 2.74. The Morgan fingerprint density at radius 3 is 2.00 bits per heavy atom. The van der Waals surface area contributed by atoms with Gasteiger partial charge in [-0.15, -0.1) is 0 Å². The Labute approximate surface area is 101 Å². The molecule has 1 rings (SSSR count). The van der Waals surface area contributed by atoms with Crippen LogP contribution in [0.2, 0.25) is 0 Å². The molecule has 0 fully saturated rings. The highest BCUT2D eigenvalue weighted by molar-refractivity contribution is 5.72. The van der Waals surface area contributed by atoms with Gasteiger partial charge in [0.15, 0.2) is 0 Å². The second kappa shape index (κ2) is 6.68. The second-order valence-electron chi connectivity index (χ2n) is 3.65. The lowest BCUT2D eigenvalue weighted by molar-refractivity contribution is -0.141. The molecule has 0 radical (unpaired) electrons. The molecule has 92 valence electrons. The van der Waals surface area contributed by atoms with E-state index in [1.807, 2.05) is 24.3 Å². The minimum atomic E-state index is -0.257. The third-order valence-electron chi connectivity index (χ3n) is 2.44. The lowest BCUT2D eigenvalue weighted by Crippen LogP contribution is -2.05. The van der Waals surface area contributed by atoms with Crippen molar-refractivity contribution in [2.75, 3.05) is 14.2 Å². The van der Waals surface area contributed by atoms with Gasteiger partial charge >= 0.3 is 11.9 Å². The van der Waals surface area contributed by atoms with E-state index in [1.54, 1.807) is 0 Å². The maximum absolute atomic E-state index is 11.0. The highest BCUT2D eigenvalue weighted by Gasteiger charge is 2.04. The minimum absolute atomic E-state index is 0.219. The summed E-state index contributed by atoms with van der Waals surface area (Å²) in [5.41, 5.74) is 1.95. The SMILES string of the molecule is COC(=O)CCc1ccc(CC(=O)OC)cc1. The van der Waals surface area contributed by atoms with Gasteiger partial charge in [0.1, 0.15) is 0 Å². The van der Waals surface area contributed by atoms with Crippen LogP contribution in [0.5, 0.6) is 0 Å². The first kappa shape index (κ1) is 13.2. The van der Waals surface area contributed by atoms with E-state index in [0.717, 1.165) is 11.1 Å². The Balaban J connectivity index is 2.50. The first-order chi connectivity index (χ1) is 8.15. The van der Waals surface area contributed by atoms with E-state index in [-0.39, 0.29) is 18.4 Å². The molecule has 0 aliphatic rings. The Hall–Kier alpha value is -1.84. The molecule has 0 spiro atoms. The van der Waals surface area contributed by atoms with E-state index >= 15 is 0 Å². The van der Waals surface area contributed by atoms with Crippen LogP contribution in [0.25, 0.3) is 0 Å². The van der Waals surface area contributed by atoms with Gasteiger partial charge in [0.25, 0.3) is 0 Å². The van der Waals surface area contributed by atoms with Gasteiger partial charge in [-0.05, 0) is 17.5 Å². The van der Waals surface area contributed by atoms with Gasteiger partial charge in [0.05, 0.1) is 20.6 Å². The molecule has 1 aromatic rings. The van der Waals surface area contributed by atoms with Crippen molar-refractivity contribution in [3.05, 3.63) is 35.4 Å². The molecule has 0 aromatic heterocycles. The second-order valence-corrected chi connectivity index (χ2v) is 3.65. The monoisotopic (exact) mass is 236 g/mol. The van der Waals surface area contributed by atoms with Gasteiger partial charge < -0.3 is 9.47 Å². The van der Waals surface area contributed by atoms with Gasteiger partial charge in [0, 0.05) is 6.42 Å². The zero-order chi connectivity index (χ0) is 12.7. The van der Waals surface area contributed by atoms with Crippen LogP contribution in [0.15, 0.2) is 24.3 Å². The first-order valence-electron chi connectivity index (χ1n) is 5.37. The zero-order valence-electron chi connectivity index (χ0n) is 10.1. The molecule has 0 saturated heterocycles. The molecule has 0 N–H and O–H groups in total. The molecule has 4 heteroatoms. The molecule has 0 bridgehead atoms. The molecule has 0 aliphatic heterocycles. The molecule has 0 aliphatic carbocycles. The number of hydrogen-bond donors (Lipinski definition) is 0. The summed E-state index contributed by atoms with van der Waals surface area (Å²) in [4.78, 5) is 22.0. The van der Waals surface area contributed by atoms with Crippen LogP contribution < -0.4 is 0 Å². The van der Waals surface area contributed by atoms with Crippen LogP contribution >= 0.6 is 0 Å². The number of hydrogen-bond acceptors (Lipinski definition) is 4. The quantitative estimate of drug-likeness (QED) is 0.727. The maximum atomic E-state index is 11.0. The van der Waals surface area contributed by atoms with Crippen molar-refractivity contribution < 1.29 is 19.1 Å². The van der Waals surface area contributed by atoms with Crippen molar-refractivity contribution in [1.82, 2.24) is 0 Å². The molecule has 1 aromatic carbocycles. The molecular weight excluding hydrogens is 220 g/mol. The summed E-state index contributed by atoms with van der Waals surface area (Å²) in [6.45, 7) is 0. The van der Waals surface area contributed by atoms with Gasteiger partial charge in [-0.1, -0.05) is 24.3 Å². The standard InChI is InChI=1S/C13H16O4/c1-16-12(14)8-7-10-3-5-11(6-4-10)9-13(15)17-2/h3-6H,7-9H2,1-2H3. The number of carbonyl (C=O) groups is 2. The molecule has 0 saturated carbocycles. The summed E-state index contributed by atoms with van der Waals surface area (Å²) < 4.78 is 9.14. The number of rotatable bonds is 5. The van der Waals surface area contributed by atoms with Gasteiger partial charge in [0.2, 0.25) is 0 Å². The smallest absolute Gasteiger partial charge is 0.309 e. The van der Waals surface area contributed by atoms with Crippen molar-refractivity contribution >= 4 is 11.9 Å². The number of aryl methyl sites for hydroxylation is 1. The Bertz CT molecular complexity index is 381. The minimum Gasteiger partial charge on any atom is -0.469 e. The lowest BCUT2D eigenvalue weighted by Gasteiger charge is -2.03. The molecule has 0 amide bonds. The lowest BCUT2D eigenvalue weighted by atomic mass is 10.1. The van der Waals surface area contributed by atoms with Crippen LogP contribution in [0.1, 0.15) is 17.5 Å². The summed E-state index contributed by atoms with van der Waals surface area (Å²) >= 11 is 0. The fraction of sp³-hybridized carbons (Fsp3) is 0.385. The normalized spacial score (nSPS) is 9.76. The van der Waals surface area contributed by atoms with Crippen molar-refractivity contribution in [3.63, 3.8) is 0 Å². The number of carbonyl (C=O) groups excluding carboxylic acids is 2. The maximum Gasteiger partial charge on any atom is 0.309 e. The van der Waals surface area contributed by atoms with Crippen LogP contribution in [-0.2, 0) is 31.9 Å². The van der Waals surface area contributed by atoms with Gasteiger partial charge in [-0.3, -0.25) is 9.59 Å². The Kier molecular flexibility index (Phi) is 5.20. The average molecular weight is 236 g/mol. The highest BCUT2D eigenvalue weighted by atomic mass is 16.5. The average Bonchev–Trinajstić information content (AvgIpc) is 2.37. The van der Waals surface area contributed by atoms with Gasteiger partial charge in [-0.2, -0.15) is 0 Å². The predicted molar refractivity (Wildman–Crippen MR) is 62.5 cm³/mol. The van der Waals surface area contributed by atoms with Crippen molar-refractivity contribution in [1.29, 1.82) is 0 Å². The number of ether oxygens (including phenoxy) is 2. The van der Waals surface area contributed by atoms with E-state index in [4.69, 9.17) is 0 Å². The number of esters is 2. The van der Waals surface area contributed by atoms with Crippen LogP contribution in [0, 0.1) is 0 Å². The fourth-order valence-electron chi connectivity index (χ4n) is 1.41. The van der Waals surface area contributed by atoms with Crippen LogP contribution in [-0.4, -0.2) is 26.2 Å². The van der Waals surface area contributed by atoms with Gasteiger partial charge in [-0.25, -0.2) is 0 Å². The summed E-state index contributed by atoms with van der Waals surface area (Å²) in [6.07, 6.45) is 1.28. The highest BCUT2D eigenvalue weighted by Crippen LogP contribution is 2.08. The summed E-state index contributed by atoms with van der Waals surface area (Å²) in [5, 5.41) is 0. The first-order valence-corrected chi connectivity index (χ1v) is 5.37. The third-order valence-corrected chi connectivity index (χ3v) is 2.44. The van der Waals surface area contributed by atoms with E-state index < -0.39 is 0 Å². The predicted octanol–water partition coefficient (Wildman–Crippen LogP) is 1.51. The van der Waals surface area contributed by atoms with E-state index in [1.165, 1.54) is 14.2 Å². The largest absolute Gasteiger partial charge is 0.469 e. The Morgan fingerprint density at radius 1 is 0.941 bits per heavy atom. The Morgan fingerprint density at radius 2 is 1.47 bits per heavy atom. The number of benzene rings is 1. The molecule has 0 heterocycles. The van der Waals surface area contributed by atoms with E-state index in [2.05, 4.69) is 9.47 Å². The van der Waals surface area contributed by atoms with Crippen LogP contribution in [0.3, 0.4) is 0 Å². The van der Waals surface area contributed by atoms with E-state index in [0.29, 0.717) is 12.8 Å². The number of methoxy groups -OCH3 is 2.